The van der Waals surface area contributed by atoms with E-state index in [0.29, 0.717) is 79.9 Å². The zero-order chi connectivity index (χ0) is 35.2. The highest BCUT2D eigenvalue weighted by Gasteiger charge is 2.33. The number of carbonyl (C=O) groups excluding carboxylic acids is 2. The molecule has 0 spiro atoms. The third kappa shape index (κ3) is 7.89. The van der Waals surface area contributed by atoms with Gasteiger partial charge in [0.25, 0.3) is 0 Å². The number of nitrogens with two attached hydrogens (primary N) is 1. The van der Waals surface area contributed by atoms with Crippen LogP contribution in [0, 0.1) is 11.3 Å². The predicted octanol–water partition coefficient (Wildman–Crippen LogP) is 5.31. The summed E-state index contributed by atoms with van der Waals surface area (Å²) in [6.45, 7) is 9.01. The lowest BCUT2D eigenvalue weighted by molar-refractivity contribution is -0.132. The molecular formula is C39H44N8O3. The van der Waals surface area contributed by atoms with Crippen LogP contribution in [0.15, 0.2) is 85.3 Å². The summed E-state index contributed by atoms with van der Waals surface area (Å²) >= 11 is 0. The SMILES string of the molecule is CCN(C(=O)C1CCN(CC(=O)N2CC=C(c3ccc(-c4ncccn4)cc3)CC2)C1)c1ccc(N)c(C(=N)c2ccc(OC(C)C)nc2)c1. The van der Waals surface area contributed by atoms with E-state index in [1.807, 2.05) is 43.9 Å². The number of benzene rings is 2. The maximum absolute atomic E-state index is 13.8. The summed E-state index contributed by atoms with van der Waals surface area (Å²) in [4.78, 5) is 45.8. The predicted molar refractivity (Wildman–Crippen MR) is 196 cm³/mol. The highest BCUT2D eigenvalue weighted by atomic mass is 16.5. The molecule has 11 nitrogen and oxygen atoms in total. The summed E-state index contributed by atoms with van der Waals surface area (Å²) in [6, 6.07) is 18.9. The van der Waals surface area contributed by atoms with Crippen molar-refractivity contribution in [3.63, 3.8) is 0 Å². The lowest BCUT2D eigenvalue weighted by Gasteiger charge is -2.29. The van der Waals surface area contributed by atoms with Crippen molar-refractivity contribution in [2.45, 2.75) is 39.7 Å². The topological polar surface area (TPSA) is 142 Å². The molecule has 2 amide bonds. The van der Waals surface area contributed by atoms with E-state index in [1.54, 1.807) is 53.8 Å². The molecule has 0 saturated carbocycles. The van der Waals surface area contributed by atoms with Gasteiger partial charge in [0.2, 0.25) is 17.7 Å². The van der Waals surface area contributed by atoms with Gasteiger partial charge in [-0.05, 0) is 81.6 Å². The Labute approximate surface area is 293 Å². The Morgan fingerprint density at radius 3 is 2.44 bits per heavy atom. The van der Waals surface area contributed by atoms with Crippen molar-refractivity contribution in [1.82, 2.24) is 24.8 Å². The van der Waals surface area contributed by atoms with E-state index in [4.69, 9.17) is 15.9 Å². The van der Waals surface area contributed by atoms with Gasteiger partial charge in [0.05, 0.1) is 24.3 Å². The van der Waals surface area contributed by atoms with Crippen LogP contribution in [0.1, 0.15) is 50.3 Å². The number of hydrogen-bond acceptors (Lipinski definition) is 9. The average Bonchev–Trinajstić information content (AvgIpc) is 3.61. The van der Waals surface area contributed by atoms with Gasteiger partial charge in [-0.25, -0.2) is 15.0 Å². The molecule has 4 aromatic rings. The van der Waals surface area contributed by atoms with Crippen LogP contribution in [0.4, 0.5) is 11.4 Å². The zero-order valence-corrected chi connectivity index (χ0v) is 28.9. The van der Waals surface area contributed by atoms with Gasteiger partial charge < -0.3 is 20.3 Å². The fraction of sp³-hybridized carbons (Fsp3) is 0.333. The highest BCUT2D eigenvalue weighted by Crippen LogP contribution is 2.29. The molecule has 11 heteroatoms. The van der Waals surface area contributed by atoms with E-state index in [1.165, 1.54) is 5.57 Å². The number of anilines is 2. The minimum Gasteiger partial charge on any atom is -0.475 e. The number of nitrogens with one attached hydrogen (secondary N) is 1. The molecule has 1 atom stereocenters. The second-order valence-corrected chi connectivity index (χ2v) is 13.0. The van der Waals surface area contributed by atoms with Crippen molar-refractivity contribution in [2.24, 2.45) is 5.92 Å². The summed E-state index contributed by atoms with van der Waals surface area (Å²) in [6.07, 6.45) is 8.68. The van der Waals surface area contributed by atoms with E-state index in [2.05, 4.69) is 38.1 Å². The van der Waals surface area contributed by atoms with Crippen molar-refractivity contribution >= 4 is 34.5 Å². The fourth-order valence-electron chi connectivity index (χ4n) is 6.52. The number of hydrogen-bond donors (Lipinski definition) is 2. The van der Waals surface area contributed by atoms with Gasteiger partial charge in [-0.2, -0.15) is 0 Å². The number of carbonyl (C=O) groups is 2. The number of aromatic nitrogens is 3. The van der Waals surface area contributed by atoms with Gasteiger partial charge in [-0.15, -0.1) is 0 Å². The Hall–Kier alpha value is -5.42. The van der Waals surface area contributed by atoms with E-state index < -0.39 is 0 Å². The van der Waals surface area contributed by atoms with Crippen molar-refractivity contribution in [1.29, 1.82) is 5.41 Å². The van der Waals surface area contributed by atoms with Crippen LogP contribution >= 0.6 is 0 Å². The lowest BCUT2D eigenvalue weighted by Crippen LogP contribution is -2.42. The van der Waals surface area contributed by atoms with Gasteiger partial charge in [-0.3, -0.25) is 19.9 Å². The first kappa shape index (κ1) is 34.4. The van der Waals surface area contributed by atoms with Gasteiger partial charge in [0.15, 0.2) is 5.82 Å². The van der Waals surface area contributed by atoms with Crippen LogP contribution < -0.4 is 15.4 Å². The van der Waals surface area contributed by atoms with Crippen LogP contribution in [0.2, 0.25) is 0 Å². The number of pyridine rings is 1. The Morgan fingerprint density at radius 2 is 1.78 bits per heavy atom. The zero-order valence-electron chi connectivity index (χ0n) is 28.9. The molecule has 2 aromatic heterocycles. The van der Waals surface area contributed by atoms with Crippen molar-refractivity contribution in [2.75, 3.05) is 49.9 Å². The van der Waals surface area contributed by atoms with E-state index in [-0.39, 0.29) is 29.5 Å². The monoisotopic (exact) mass is 672 g/mol. The number of nitrogens with zero attached hydrogens (tertiary/aromatic N) is 6. The maximum Gasteiger partial charge on any atom is 0.237 e. The smallest absolute Gasteiger partial charge is 0.237 e. The molecule has 0 radical (unpaired) electrons. The first-order valence-electron chi connectivity index (χ1n) is 17.2. The van der Waals surface area contributed by atoms with E-state index in [0.717, 1.165) is 17.5 Å². The Bertz CT molecular complexity index is 1860. The number of amides is 2. The Balaban J connectivity index is 1.04. The van der Waals surface area contributed by atoms with Crippen LogP contribution in [0.25, 0.3) is 17.0 Å². The molecule has 258 valence electrons. The van der Waals surface area contributed by atoms with Gasteiger partial charge in [0, 0.05) is 78.9 Å². The number of nitrogen functional groups attached to an aromatic ring is 1. The quantitative estimate of drug-likeness (QED) is 0.161. The molecule has 2 aliphatic rings. The molecule has 50 heavy (non-hydrogen) atoms. The van der Waals surface area contributed by atoms with E-state index >= 15 is 0 Å². The summed E-state index contributed by atoms with van der Waals surface area (Å²) < 4.78 is 5.63. The lowest BCUT2D eigenvalue weighted by atomic mass is 9.98. The number of ether oxygens (including phenoxy) is 1. The standard InChI is InChI=1S/C39H44N8O3/c1-4-47(32-11-12-34(40)33(22-32)37(41)30-10-13-35(44-23-30)50-26(2)3)39(49)31-14-19-45(24-31)25-36(48)46-20-15-28(16-21-46)27-6-8-29(9-7-27)38-42-17-5-18-43-38/h5-13,15,17-18,22-23,26,31,41H,4,14,16,19-21,24-25,40H2,1-3H3. The first-order valence-corrected chi connectivity index (χ1v) is 17.2. The van der Waals surface area contributed by atoms with Crippen LogP contribution in [-0.4, -0.2) is 87.7 Å². The van der Waals surface area contributed by atoms with Crippen LogP contribution in [0.3, 0.4) is 0 Å². The third-order valence-corrected chi connectivity index (χ3v) is 9.20. The maximum atomic E-state index is 13.8. The summed E-state index contributed by atoms with van der Waals surface area (Å²) in [7, 11) is 0. The molecule has 2 aromatic carbocycles. The van der Waals surface area contributed by atoms with E-state index in [9.17, 15) is 9.59 Å². The second kappa shape index (κ2) is 15.4. The molecule has 3 N–H and O–H groups in total. The number of likely N-dealkylation sites (tertiary alicyclic amines) is 1. The van der Waals surface area contributed by atoms with Crippen molar-refractivity contribution in [3.05, 3.63) is 102 Å². The number of rotatable bonds is 11. The second-order valence-electron chi connectivity index (χ2n) is 13.0. The summed E-state index contributed by atoms with van der Waals surface area (Å²) in [5, 5.41) is 8.85. The van der Waals surface area contributed by atoms with Crippen LogP contribution in [0.5, 0.6) is 5.88 Å². The largest absolute Gasteiger partial charge is 0.475 e. The average molecular weight is 673 g/mol. The molecule has 6 rings (SSSR count). The minimum atomic E-state index is -0.224. The molecular weight excluding hydrogens is 628 g/mol. The summed E-state index contributed by atoms with van der Waals surface area (Å²) in [5.74, 6) is 1.06. The Morgan fingerprint density at radius 1 is 1.02 bits per heavy atom. The molecule has 1 saturated heterocycles. The minimum absolute atomic E-state index is 0.00155. The van der Waals surface area contributed by atoms with Crippen molar-refractivity contribution in [3.8, 4) is 17.3 Å². The summed E-state index contributed by atoms with van der Waals surface area (Å²) in [5.41, 5.74) is 12.1. The molecule has 0 bridgehead atoms. The van der Waals surface area contributed by atoms with Gasteiger partial charge >= 0.3 is 0 Å². The Kier molecular flexibility index (Phi) is 10.6. The van der Waals surface area contributed by atoms with Crippen LogP contribution in [-0.2, 0) is 9.59 Å². The molecule has 1 unspecified atom stereocenters. The first-order chi connectivity index (χ1) is 24.2. The molecule has 0 aliphatic carbocycles. The van der Waals surface area contributed by atoms with Gasteiger partial charge in [-0.1, -0.05) is 30.3 Å². The molecule has 4 heterocycles. The van der Waals surface area contributed by atoms with Gasteiger partial charge in [0.1, 0.15) is 0 Å². The fourth-order valence-corrected chi connectivity index (χ4v) is 6.52. The molecule has 2 aliphatic heterocycles. The normalized spacial score (nSPS) is 16.3. The third-order valence-electron chi connectivity index (χ3n) is 9.20. The highest BCUT2D eigenvalue weighted by molar-refractivity contribution is 6.14. The van der Waals surface area contributed by atoms with Crippen molar-refractivity contribution < 1.29 is 14.3 Å². The molecule has 1 fully saturated rings.